The lowest BCUT2D eigenvalue weighted by Gasteiger charge is -2.38. The number of carboxylic acid groups (broad SMARTS) is 1. The van der Waals surface area contributed by atoms with Gasteiger partial charge in [0.25, 0.3) is 0 Å². The number of benzene rings is 1. The molecule has 1 aromatic carbocycles. The molecule has 6 nitrogen and oxygen atoms in total. The van der Waals surface area contributed by atoms with Crippen LogP contribution in [0.3, 0.4) is 0 Å². The number of halogens is 1. The number of nitrogens with zero attached hydrogens (tertiary/aromatic N) is 2. The number of piperidine rings is 1. The summed E-state index contributed by atoms with van der Waals surface area (Å²) in [4.78, 5) is 19.7. The summed E-state index contributed by atoms with van der Waals surface area (Å²) < 4.78 is 5.36. The van der Waals surface area contributed by atoms with Gasteiger partial charge in [0.15, 0.2) is 0 Å². The highest BCUT2D eigenvalue weighted by molar-refractivity contribution is 7.10. The van der Waals surface area contributed by atoms with E-state index in [9.17, 15) is 15.0 Å². The van der Waals surface area contributed by atoms with Crippen LogP contribution >= 0.6 is 22.9 Å². The fourth-order valence-corrected chi connectivity index (χ4v) is 6.59. The van der Waals surface area contributed by atoms with Gasteiger partial charge in [0.2, 0.25) is 0 Å². The molecule has 1 saturated heterocycles. The number of aliphatic hydroxyl groups excluding tert-OH is 1. The Morgan fingerprint density at radius 2 is 2.14 bits per heavy atom. The molecular weight excluding hydrogens is 496 g/mol. The molecule has 0 spiro atoms. The zero-order valence-electron chi connectivity index (χ0n) is 20.7. The summed E-state index contributed by atoms with van der Waals surface area (Å²) in [6, 6.07) is 9.51. The van der Waals surface area contributed by atoms with Crippen LogP contribution in [0.4, 0.5) is 0 Å². The van der Waals surface area contributed by atoms with Crippen LogP contribution in [0.5, 0.6) is 5.75 Å². The Hall–Kier alpha value is -2.19. The van der Waals surface area contributed by atoms with E-state index in [0.29, 0.717) is 12.3 Å². The number of fused-ring (bicyclic) bond motifs is 1. The average molecular weight is 531 g/mol. The van der Waals surface area contributed by atoms with Gasteiger partial charge in [-0.2, -0.15) is 0 Å². The summed E-state index contributed by atoms with van der Waals surface area (Å²) in [7, 11) is 1.63. The molecule has 3 aromatic rings. The smallest absolute Gasteiger partial charge is 0.303 e. The number of aromatic nitrogens is 1. The number of thiophene rings is 1. The van der Waals surface area contributed by atoms with E-state index >= 15 is 0 Å². The third kappa shape index (κ3) is 6.97. The number of ether oxygens (including phenoxy) is 1. The first kappa shape index (κ1) is 26.9. The number of methoxy groups -OCH3 is 1. The third-order valence-electron chi connectivity index (χ3n) is 7.38. The van der Waals surface area contributed by atoms with E-state index in [-0.39, 0.29) is 12.3 Å². The lowest BCUT2D eigenvalue weighted by atomic mass is 9.79. The number of likely N-dealkylation sites (tertiary alicyclic amines) is 1. The lowest BCUT2D eigenvalue weighted by molar-refractivity contribution is -0.139. The Morgan fingerprint density at radius 3 is 2.89 bits per heavy atom. The number of carboxylic acids is 1. The van der Waals surface area contributed by atoms with Gasteiger partial charge >= 0.3 is 5.97 Å². The van der Waals surface area contributed by atoms with Crippen LogP contribution in [-0.4, -0.2) is 52.8 Å². The maximum absolute atomic E-state index is 11.6. The number of carbonyl (C=O) groups is 1. The van der Waals surface area contributed by atoms with Gasteiger partial charge in [-0.3, -0.25) is 9.78 Å². The summed E-state index contributed by atoms with van der Waals surface area (Å²) >= 11 is 7.91. The molecule has 194 valence electrons. The summed E-state index contributed by atoms with van der Waals surface area (Å²) in [6.45, 7) is 2.77. The van der Waals surface area contributed by atoms with Crippen molar-refractivity contribution in [2.45, 2.75) is 51.0 Å². The minimum atomic E-state index is -0.744. The first-order valence-electron chi connectivity index (χ1n) is 12.7. The minimum absolute atomic E-state index is 0.101. The molecular formula is C28H35ClN2O4S. The van der Waals surface area contributed by atoms with Crippen molar-refractivity contribution in [1.82, 2.24) is 9.88 Å². The summed E-state index contributed by atoms with van der Waals surface area (Å²) in [5.74, 6) is 0.382. The van der Waals surface area contributed by atoms with Gasteiger partial charge < -0.3 is 19.8 Å². The van der Waals surface area contributed by atoms with E-state index in [2.05, 4.69) is 9.88 Å². The van der Waals surface area contributed by atoms with Crippen molar-refractivity contribution in [3.63, 3.8) is 0 Å². The fourth-order valence-electron chi connectivity index (χ4n) is 5.41. The Labute approximate surface area is 221 Å². The van der Waals surface area contributed by atoms with E-state index < -0.39 is 12.1 Å². The van der Waals surface area contributed by atoms with Crippen LogP contribution in [0.25, 0.3) is 10.9 Å². The monoisotopic (exact) mass is 530 g/mol. The van der Waals surface area contributed by atoms with Gasteiger partial charge in [-0.1, -0.05) is 11.6 Å². The van der Waals surface area contributed by atoms with Crippen LogP contribution in [-0.2, 0) is 11.2 Å². The second-order valence-electron chi connectivity index (χ2n) is 9.73. The number of hydrogen-bond acceptors (Lipinski definition) is 6. The molecule has 0 saturated carbocycles. The van der Waals surface area contributed by atoms with Gasteiger partial charge in [-0.25, -0.2) is 0 Å². The van der Waals surface area contributed by atoms with Crippen molar-refractivity contribution in [3.05, 3.63) is 57.4 Å². The Balaban J connectivity index is 1.32. The predicted octanol–water partition coefficient (Wildman–Crippen LogP) is 6.21. The number of rotatable bonds is 12. The fraction of sp³-hybridized carbons (Fsp3) is 0.500. The largest absolute Gasteiger partial charge is 0.497 e. The van der Waals surface area contributed by atoms with Crippen LogP contribution in [0, 0.1) is 11.8 Å². The molecule has 4 rings (SSSR count). The summed E-state index contributed by atoms with van der Waals surface area (Å²) in [5.41, 5.74) is 1.67. The highest BCUT2D eigenvalue weighted by Crippen LogP contribution is 2.35. The van der Waals surface area contributed by atoms with Crippen LogP contribution in [0.15, 0.2) is 41.9 Å². The zero-order valence-corrected chi connectivity index (χ0v) is 22.3. The average Bonchev–Trinajstić information content (AvgIpc) is 3.29. The van der Waals surface area contributed by atoms with E-state index in [4.69, 9.17) is 16.3 Å². The second kappa shape index (κ2) is 12.9. The molecule has 0 radical (unpaired) electrons. The Kier molecular flexibility index (Phi) is 9.60. The molecule has 1 fully saturated rings. The molecule has 1 unspecified atom stereocenters. The van der Waals surface area contributed by atoms with E-state index in [1.54, 1.807) is 24.6 Å². The van der Waals surface area contributed by atoms with Crippen LogP contribution in [0.2, 0.25) is 5.02 Å². The predicted molar refractivity (Wildman–Crippen MR) is 145 cm³/mol. The topological polar surface area (TPSA) is 82.9 Å². The van der Waals surface area contributed by atoms with Crippen LogP contribution < -0.4 is 4.74 Å². The Morgan fingerprint density at radius 1 is 1.28 bits per heavy atom. The normalized spacial score (nSPS) is 19.4. The maximum atomic E-state index is 11.6. The lowest BCUT2D eigenvalue weighted by Crippen LogP contribution is -2.41. The molecule has 2 aromatic heterocycles. The van der Waals surface area contributed by atoms with Gasteiger partial charge in [0, 0.05) is 29.4 Å². The number of pyridine rings is 1. The highest BCUT2D eigenvalue weighted by atomic mass is 35.5. The Bertz CT molecular complexity index is 1150. The van der Waals surface area contributed by atoms with Gasteiger partial charge in [-0.15, -0.1) is 11.3 Å². The second-order valence-corrected chi connectivity index (χ2v) is 11.1. The molecule has 1 aliphatic heterocycles. The van der Waals surface area contributed by atoms with Crippen molar-refractivity contribution in [2.75, 3.05) is 26.7 Å². The van der Waals surface area contributed by atoms with E-state index in [1.807, 2.05) is 35.7 Å². The van der Waals surface area contributed by atoms with Crippen molar-refractivity contribution in [1.29, 1.82) is 0 Å². The van der Waals surface area contributed by atoms with Crippen molar-refractivity contribution >= 4 is 39.8 Å². The standard InChI is InChI=1S/C28H35ClN2O4S/c1-35-21-6-7-25-23(17-21)22(9-12-30-25)26(32)8-5-19-10-14-31(18-20(19)16-28(33)34)13-3-2-4-27-24(29)11-15-36-27/h6-7,9,11-12,15,17,19-20,26,32H,2-5,8,10,13-14,16,18H2,1H3,(H,33,34)/t19-,20+,26?/m1/s1. The van der Waals surface area contributed by atoms with Gasteiger partial charge in [0.05, 0.1) is 23.8 Å². The molecule has 3 atom stereocenters. The number of aliphatic carboxylic acids is 1. The highest BCUT2D eigenvalue weighted by Gasteiger charge is 2.31. The first-order chi connectivity index (χ1) is 17.4. The summed E-state index contributed by atoms with van der Waals surface area (Å²) in [5, 5.41) is 24.4. The molecule has 36 heavy (non-hydrogen) atoms. The number of hydrogen-bond donors (Lipinski definition) is 2. The van der Waals surface area contributed by atoms with Gasteiger partial charge in [0.1, 0.15) is 5.75 Å². The first-order valence-corrected chi connectivity index (χ1v) is 14.0. The summed E-state index contributed by atoms with van der Waals surface area (Å²) in [6.07, 6.45) is 6.80. The van der Waals surface area contributed by atoms with Crippen molar-refractivity contribution < 1.29 is 19.7 Å². The molecule has 0 aliphatic carbocycles. The molecule has 1 aliphatic rings. The van der Waals surface area contributed by atoms with Gasteiger partial charge in [-0.05, 0) is 105 Å². The zero-order chi connectivity index (χ0) is 25.5. The van der Waals surface area contributed by atoms with Crippen molar-refractivity contribution in [2.24, 2.45) is 11.8 Å². The maximum Gasteiger partial charge on any atom is 0.303 e. The van der Waals surface area contributed by atoms with Crippen LogP contribution in [0.1, 0.15) is 55.1 Å². The minimum Gasteiger partial charge on any atom is -0.497 e. The number of aryl methyl sites for hydroxylation is 1. The third-order valence-corrected chi connectivity index (χ3v) is 8.83. The van der Waals surface area contributed by atoms with E-state index in [0.717, 1.165) is 79.0 Å². The van der Waals surface area contributed by atoms with Crippen molar-refractivity contribution in [3.8, 4) is 5.75 Å². The number of unbranched alkanes of at least 4 members (excludes halogenated alkanes) is 1. The van der Waals surface area contributed by atoms with E-state index in [1.165, 1.54) is 4.88 Å². The molecule has 3 heterocycles. The molecule has 0 amide bonds. The molecule has 0 bridgehead atoms. The molecule has 8 heteroatoms. The SMILES string of the molecule is COc1ccc2nccc(C(O)CC[C@@H]3CCN(CCCCc4sccc4Cl)C[C@@H]3CC(=O)O)c2c1. The quantitative estimate of drug-likeness (QED) is 0.271. The molecule has 2 N–H and O–H groups in total. The number of aliphatic hydroxyl groups is 1.